The molecule has 44 valence electrons. The third-order valence-electron chi connectivity index (χ3n) is 0.555. The molecule has 0 aromatic rings. The Labute approximate surface area is 48.1 Å². The summed E-state index contributed by atoms with van der Waals surface area (Å²) in [6.07, 6.45) is 0.639. The maximum atomic E-state index is 9.82. The highest BCUT2D eigenvalue weighted by Gasteiger charge is 1.78. The molecule has 0 saturated carbocycles. The summed E-state index contributed by atoms with van der Waals surface area (Å²) in [5, 5.41) is 8.48. The van der Waals surface area contributed by atoms with Gasteiger partial charge in [-0.15, -0.1) is 0 Å². The van der Waals surface area contributed by atoms with E-state index in [0.29, 0.717) is 11.9 Å². The van der Waals surface area contributed by atoms with E-state index in [1.54, 1.807) is 6.92 Å². The van der Waals surface area contributed by atoms with Crippen LogP contribution < -0.4 is 0 Å². The summed E-state index contributed by atoms with van der Waals surface area (Å²) in [4.78, 5) is 9.82. The van der Waals surface area contributed by atoms with Gasteiger partial charge in [-0.1, -0.05) is 5.73 Å². The van der Waals surface area contributed by atoms with Gasteiger partial charge in [-0.3, -0.25) is 4.79 Å². The summed E-state index contributed by atoms with van der Waals surface area (Å²) >= 11 is 0. The largest absolute Gasteiger partial charge is 0.505 e. The maximum absolute atomic E-state index is 9.82. The van der Waals surface area contributed by atoms with Crippen LogP contribution in [0.3, 0.4) is 0 Å². The number of hydrogen-bond acceptors (Lipinski definition) is 2. The van der Waals surface area contributed by atoms with Crippen molar-refractivity contribution in [3.8, 4) is 0 Å². The standard InChI is InChI=1S/C6H8O2/c1-5(4-7)3-6(2)8/h4,8H,1-2H3. The summed E-state index contributed by atoms with van der Waals surface area (Å²) in [6, 6.07) is 0. The molecule has 0 heterocycles. The highest BCUT2D eigenvalue weighted by molar-refractivity contribution is 5.71. The predicted octanol–water partition coefficient (Wildman–Crippen LogP) is 1.19. The minimum absolute atomic E-state index is 0.0367. The number of allylic oxidation sites excluding steroid dienone is 1. The van der Waals surface area contributed by atoms with Gasteiger partial charge < -0.3 is 5.11 Å². The Bertz CT molecular complexity index is 146. The summed E-state index contributed by atoms with van der Waals surface area (Å²) in [7, 11) is 0. The summed E-state index contributed by atoms with van der Waals surface area (Å²) in [5.41, 5.74) is 2.82. The fraction of sp³-hybridized carbons (Fsp3) is 0.333. The van der Waals surface area contributed by atoms with Gasteiger partial charge in [0.05, 0.1) is 0 Å². The normalized spacial score (nSPS) is 7.25. The number of rotatable bonds is 1. The van der Waals surface area contributed by atoms with E-state index in [-0.39, 0.29) is 5.76 Å². The third-order valence-corrected chi connectivity index (χ3v) is 0.555. The van der Waals surface area contributed by atoms with Gasteiger partial charge in [0.2, 0.25) is 0 Å². The van der Waals surface area contributed by atoms with Crippen molar-refractivity contribution < 1.29 is 9.90 Å². The van der Waals surface area contributed by atoms with Crippen LogP contribution in [0.1, 0.15) is 13.8 Å². The molecule has 0 aromatic heterocycles. The van der Waals surface area contributed by atoms with E-state index in [2.05, 4.69) is 5.73 Å². The monoisotopic (exact) mass is 112 g/mol. The van der Waals surface area contributed by atoms with Crippen molar-refractivity contribution in [1.29, 1.82) is 0 Å². The zero-order chi connectivity index (χ0) is 6.57. The van der Waals surface area contributed by atoms with Crippen molar-refractivity contribution in [2.75, 3.05) is 0 Å². The first-order chi connectivity index (χ1) is 3.66. The summed E-state index contributed by atoms with van der Waals surface area (Å²) in [5.74, 6) is 0.0367. The molecule has 0 bridgehead atoms. The third kappa shape index (κ3) is 3.19. The molecule has 2 heteroatoms. The Morgan fingerprint density at radius 3 is 2.25 bits per heavy atom. The SMILES string of the molecule is CC(O)=C=C(C)C=O. The number of carbonyl (C=O) groups is 1. The Hall–Kier alpha value is -1.01. The van der Waals surface area contributed by atoms with Gasteiger partial charge >= 0.3 is 0 Å². The van der Waals surface area contributed by atoms with Crippen molar-refractivity contribution in [2.24, 2.45) is 0 Å². The molecular formula is C6H8O2. The molecule has 0 aliphatic heterocycles. The van der Waals surface area contributed by atoms with Crippen molar-refractivity contribution in [3.05, 3.63) is 17.1 Å². The molecule has 1 N–H and O–H groups in total. The van der Waals surface area contributed by atoms with Gasteiger partial charge in [-0.2, -0.15) is 0 Å². The van der Waals surface area contributed by atoms with Crippen molar-refractivity contribution in [2.45, 2.75) is 13.8 Å². The molecule has 0 fully saturated rings. The number of aliphatic hydroxyl groups excluding tert-OH is 1. The van der Waals surface area contributed by atoms with E-state index >= 15 is 0 Å². The van der Waals surface area contributed by atoms with Crippen LogP contribution in [-0.4, -0.2) is 11.4 Å². The minimum atomic E-state index is 0.0367. The van der Waals surface area contributed by atoms with Crippen LogP contribution in [0.2, 0.25) is 0 Å². The lowest BCUT2D eigenvalue weighted by Crippen LogP contribution is -1.72. The van der Waals surface area contributed by atoms with E-state index in [1.807, 2.05) is 0 Å². The van der Waals surface area contributed by atoms with Gasteiger partial charge in [0, 0.05) is 12.5 Å². The van der Waals surface area contributed by atoms with E-state index in [4.69, 9.17) is 5.11 Å². The molecule has 0 spiro atoms. The van der Waals surface area contributed by atoms with E-state index in [0.717, 1.165) is 0 Å². The Morgan fingerprint density at radius 1 is 1.62 bits per heavy atom. The topological polar surface area (TPSA) is 37.3 Å². The van der Waals surface area contributed by atoms with E-state index in [1.165, 1.54) is 6.92 Å². The molecule has 0 aliphatic rings. The van der Waals surface area contributed by atoms with Crippen molar-refractivity contribution in [1.82, 2.24) is 0 Å². The lowest BCUT2D eigenvalue weighted by atomic mass is 10.3. The average Bonchev–Trinajstić information content (AvgIpc) is 1.65. The van der Waals surface area contributed by atoms with Crippen molar-refractivity contribution >= 4 is 6.29 Å². The zero-order valence-corrected chi connectivity index (χ0v) is 4.93. The number of aldehydes is 1. The lowest BCUT2D eigenvalue weighted by molar-refractivity contribution is -0.104. The lowest BCUT2D eigenvalue weighted by Gasteiger charge is -1.78. The summed E-state index contributed by atoms with van der Waals surface area (Å²) in [6.45, 7) is 3.04. The Morgan fingerprint density at radius 2 is 2.12 bits per heavy atom. The predicted molar refractivity (Wildman–Crippen MR) is 30.6 cm³/mol. The van der Waals surface area contributed by atoms with E-state index < -0.39 is 0 Å². The minimum Gasteiger partial charge on any atom is -0.505 e. The second kappa shape index (κ2) is 3.05. The smallest absolute Gasteiger partial charge is 0.153 e. The average molecular weight is 112 g/mol. The maximum Gasteiger partial charge on any atom is 0.153 e. The molecule has 0 radical (unpaired) electrons. The highest BCUT2D eigenvalue weighted by atomic mass is 16.3. The molecule has 8 heavy (non-hydrogen) atoms. The fourth-order valence-electron chi connectivity index (χ4n) is 0.315. The first-order valence-corrected chi connectivity index (χ1v) is 2.25. The van der Waals surface area contributed by atoms with Crippen LogP contribution in [-0.2, 0) is 4.79 Å². The fourth-order valence-corrected chi connectivity index (χ4v) is 0.315. The van der Waals surface area contributed by atoms with Crippen LogP contribution >= 0.6 is 0 Å². The van der Waals surface area contributed by atoms with Gasteiger partial charge in [0.25, 0.3) is 0 Å². The van der Waals surface area contributed by atoms with Gasteiger partial charge in [0.1, 0.15) is 5.76 Å². The van der Waals surface area contributed by atoms with Crippen molar-refractivity contribution in [3.63, 3.8) is 0 Å². The molecule has 0 amide bonds. The summed E-state index contributed by atoms with van der Waals surface area (Å²) < 4.78 is 0. The molecular weight excluding hydrogens is 104 g/mol. The van der Waals surface area contributed by atoms with Crippen LogP contribution in [0, 0.1) is 0 Å². The first kappa shape index (κ1) is 6.99. The number of hydrogen-bond donors (Lipinski definition) is 1. The van der Waals surface area contributed by atoms with Crippen LogP contribution in [0.5, 0.6) is 0 Å². The van der Waals surface area contributed by atoms with Gasteiger partial charge in [-0.25, -0.2) is 0 Å². The quantitative estimate of drug-likeness (QED) is 0.239. The van der Waals surface area contributed by atoms with Crippen LogP contribution in [0.4, 0.5) is 0 Å². The van der Waals surface area contributed by atoms with Gasteiger partial charge in [-0.05, 0) is 6.92 Å². The van der Waals surface area contributed by atoms with Gasteiger partial charge in [0.15, 0.2) is 6.29 Å². The molecule has 0 atom stereocenters. The second-order valence-electron chi connectivity index (χ2n) is 1.51. The molecule has 0 rings (SSSR count). The molecule has 0 aliphatic carbocycles. The molecule has 0 saturated heterocycles. The number of aliphatic hydroxyl groups is 1. The highest BCUT2D eigenvalue weighted by Crippen LogP contribution is 1.85. The van der Waals surface area contributed by atoms with Crippen LogP contribution in [0.25, 0.3) is 0 Å². The molecule has 2 nitrogen and oxygen atoms in total. The molecule has 0 aromatic carbocycles. The Kier molecular flexibility index (Phi) is 2.67. The number of carbonyl (C=O) groups excluding carboxylic acids is 1. The van der Waals surface area contributed by atoms with E-state index in [9.17, 15) is 4.79 Å². The second-order valence-corrected chi connectivity index (χ2v) is 1.51. The van der Waals surface area contributed by atoms with Crippen LogP contribution in [0.15, 0.2) is 17.1 Å². The first-order valence-electron chi connectivity index (χ1n) is 2.25. The Balaban J connectivity index is 4.36. The zero-order valence-electron chi connectivity index (χ0n) is 4.93. The molecule has 0 unspecified atom stereocenters.